The summed E-state index contributed by atoms with van der Waals surface area (Å²) in [4.78, 5) is 0. The van der Waals surface area contributed by atoms with Crippen molar-refractivity contribution in [2.24, 2.45) is 0 Å². The number of hydrogen-bond acceptors (Lipinski definition) is 4. The van der Waals surface area contributed by atoms with E-state index in [0.717, 1.165) is 25.1 Å². The third-order valence-electron chi connectivity index (χ3n) is 2.31. The minimum absolute atomic E-state index is 0.163. The average molecular weight is 237 g/mol. The van der Waals surface area contributed by atoms with Crippen LogP contribution in [0, 0.1) is 0 Å². The number of phenols is 1. The molecule has 0 aliphatic rings. The van der Waals surface area contributed by atoms with Crippen LogP contribution < -0.4 is 10.1 Å². The molecule has 0 spiro atoms. The van der Waals surface area contributed by atoms with Crippen LogP contribution in [0.3, 0.4) is 0 Å². The van der Waals surface area contributed by atoms with Gasteiger partial charge in [-0.3, -0.25) is 0 Å². The molecule has 0 unspecified atom stereocenters. The van der Waals surface area contributed by atoms with E-state index in [1.165, 1.54) is 6.26 Å². The van der Waals surface area contributed by atoms with E-state index >= 15 is 0 Å². The van der Waals surface area contributed by atoms with E-state index in [2.05, 4.69) is 11.9 Å². The SMILES string of the molecule is C=COCCCNCc1ccc(O)c(OC)c1. The molecule has 1 rings (SSSR count). The van der Waals surface area contributed by atoms with E-state index in [9.17, 15) is 5.11 Å². The summed E-state index contributed by atoms with van der Waals surface area (Å²) in [6, 6.07) is 5.32. The van der Waals surface area contributed by atoms with Crippen molar-refractivity contribution in [2.45, 2.75) is 13.0 Å². The minimum atomic E-state index is 0.163. The first-order valence-corrected chi connectivity index (χ1v) is 5.57. The van der Waals surface area contributed by atoms with Crippen LogP contribution in [0.25, 0.3) is 0 Å². The van der Waals surface area contributed by atoms with Crippen molar-refractivity contribution in [3.63, 3.8) is 0 Å². The Morgan fingerprint density at radius 3 is 3.00 bits per heavy atom. The molecule has 1 aromatic carbocycles. The van der Waals surface area contributed by atoms with Crippen LogP contribution in [0.1, 0.15) is 12.0 Å². The van der Waals surface area contributed by atoms with Gasteiger partial charge < -0.3 is 19.9 Å². The van der Waals surface area contributed by atoms with E-state index in [1.54, 1.807) is 13.2 Å². The van der Waals surface area contributed by atoms with Gasteiger partial charge in [0.05, 0.1) is 20.0 Å². The number of phenolic OH excluding ortho intramolecular Hbond substituents is 1. The van der Waals surface area contributed by atoms with E-state index in [1.807, 2.05) is 12.1 Å². The zero-order valence-electron chi connectivity index (χ0n) is 10.1. The monoisotopic (exact) mass is 237 g/mol. The molecule has 17 heavy (non-hydrogen) atoms. The van der Waals surface area contributed by atoms with Crippen molar-refractivity contribution in [1.29, 1.82) is 0 Å². The van der Waals surface area contributed by atoms with Gasteiger partial charge in [-0.25, -0.2) is 0 Å². The Morgan fingerprint density at radius 1 is 1.47 bits per heavy atom. The smallest absolute Gasteiger partial charge is 0.160 e. The number of hydrogen-bond donors (Lipinski definition) is 2. The van der Waals surface area contributed by atoms with Crippen LogP contribution in [-0.2, 0) is 11.3 Å². The number of ether oxygens (including phenoxy) is 2. The molecule has 0 aromatic heterocycles. The highest BCUT2D eigenvalue weighted by Crippen LogP contribution is 2.25. The Balaban J connectivity index is 2.29. The Bertz CT molecular complexity index is 353. The molecular formula is C13H19NO3. The summed E-state index contributed by atoms with van der Waals surface area (Å²) in [7, 11) is 1.54. The largest absolute Gasteiger partial charge is 0.504 e. The normalized spacial score (nSPS) is 9.94. The lowest BCUT2D eigenvalue weighted by Crippen LogP contribution is -2.15. The maximum absolute atomic E-state index is 9.43. The van der Waals surface area contributed by atoms with E-state index < -0.39 is 0 Å². The van der Waals surface area contributed by atoms with Gasteiger partial charge in [0.1, 0.15) is 0 Å². The Kier molecular flexibility index (Phi) is 5.96. The van der Waals surface area contributed by atoms with Gasteiger partial charge in [0.2, 0.25) is 0 Å². The summed E-state index contributed by atoms with van der Waals surface area (Å²) in [6.07, 6.45) is 2.38. The second kappa shape index (κ2) is 7.57. The maximum Gasteiger partial charge on any atom is 0.160 e. The Labute approximate surface area is 102 Å². The van der Waals surface area contributed by atoms with Gasteiger partial charge in [-0.15, -0.1) is 0 Å². The van der Waals surface area contributed by atoms with Crippen molar-refractivity contribution < 1.29 is 14.6 Å². The summed E-state index contributed by atoms with van der Waals surface area (Å²) in [6.45, 7) is 5.76. The summed E-state index contributed by atoms with van der Waals surface area (Å²) >= 11 is 0. The number of rotatable bonds is 8. The molecule has 0 amide bonds. The molecule has 0 heterocycles. The molecule has 4 heteroatoms. The quantitative estimate of drug-likeness (QED) is 0.536. The first-order valence-electron chi connectivity index (χ1n) is 5.57. The lowest BCUT2D eigenvalue weighted by atomic mass is 10.2. The van der Waals surface area contributed by atoms with Crippen LogP contribution in [0.2, 0.25) is 0 Å². The highest BCUT2D eigenvalue weighted by atomic mass is 16.5. The first-order chi connectivity index (χ1) is 8.27. The highest BCUT2D eigenvalue weighted by Gasteiger charge is 2.01. The molecule has 0 saturated heterocycles. The Hall–Kier alpha value is -1.68. The predicted octanol–water partition coefficient (Wildman–Crippen LogP) is 2.04. The van der Waals surface area contributed by atoms with Gasteiger partial charge in [0.25, 0.3) is 0 Å². The molecule has 94 valence electrons. The van der Waals surface area contributed by atoms with Crippen LogP contribution in [0.5, 0.6) is 11.5 Å². The van der Waals surface area contributed by atoms with Crippen molar-refractivity contribution >= 4 is 0 Å². The third-order valence-corrected chi connectivity index (χ3v) is 2.31. The first kappa shape index (κ1) is 13.4. The molecule has 4 nitrogen and oxygen atoms in total. The van der Waals surface area contributed by atoms with Gasteiger partial charge in [-0.1, -0.05) is 12.6 Å². The zero-order valence-corrected chi connectivity index (χ0v) is 10.1. The lowest BCUT2D eigenvalue weighted by molar-refractivity contribution is 0.244. The maximum atomic E-state index is 9.43. The van der Waals surface area contributed by atoms with Crippen LogP contribution in [0.15, 0.2) is 31.0 Å². The van der Waals surface area contributed by atoms with Crippen molar-refractivity contribution in [3.8, 4) is 11.5 Å². The van der Waals surface area contributed by atoms with E-state index in [4.69, 9.17) is 9.47 Å². The molecule has 2 N–H and O–H groups in total. The van der Waals surface area contributed by atoms with Gasteiger partial charge in [0.15, 0.2) is 11.5 Å². The van der Waals surface area contributed by atoms with Crippen LogP contribution >= 0.6 is 0 Å². The lowest BCUT2D eigenvalue weighted by Gasteiger charge is -2.08. The molecule has 0 saturated carbocycles. The van der Waals surface area contributed by atoms with Crippen LogP contribution in [-0.4, -0.2) is 25.4 Å². The Morgan fingerprint density at radius 2 is 2.29 bits per heavy atom. The van der Waals surface area contributed by atoms with E-state index in [-0.39, 0.29) is 5.75 Å². The average Bonchev–Trinajstić information content (AvgIpc) is 2.35. The molecule has 0 aliphatic heterocycles. The topological polar surface area (TPSA) is 50.7 Å². The fourth-order valence-electron chi connectivity index (χ4n) is 1.43. The second-order valence-corrected chi connectivity index (χ2v) is 3.57. The van der Waals surface area contributed by atoms with Crippen molar-refractivity contribution in [2.75, 3.05) is 20.3 Å². The van der Waals surface area contributed by atoms with E-state index in [0.29, 0.717) is 12.4 Å². The van der Waals surface area contributed by atoms with Crippen molar-refractivity contribution in [1.82, 2.24) is 5.32 Å². The summed E-state index contributed by atoms with van der Waals surface area (Å²) < 4.78 is 10.0. The predicted molar refractivity (Wildman–Crippen MR) is 67.1 cm³/mol. The van der Waals surface area contributed by atoms with Crippen molar-refractivity contribution in [3.05, 3.63) is 36.6 Å². The number of nitrogens with one attached hydrogen (secondary N) is 1. The summed E-state index contributed by atoms with van der Waals surface area (Å²) in [5, 5.41) is 12.7. The van der Waals surface area contributed by atoms with Crippen LogP contribution in [0.4, 0.5) is 0 Å². The summed E-state index contributed by atoms with van der Waals surface area (Å²) in [5.41, 5.74) is 1.07. The summed E-state index contributed by atoms with van der Waals surface area (Å²) in [5.74, 6) is 0.662. The molecule has 0 radical (unpaired) electrons. The third kappa shape index (κ3) is 4.78. The molecular weight excluding hydrogens is 218 g/mol. The molecule has 0 fully saturated rings. The number of methoxy groups -OCH3 is 1. The fourth-order valence-corrected chi connectivity index (χ4v) is 1.43. The molecule has 0 bridgehead atoms. The second-order valence-electron chi connectivity index (χ2n) is 3.57. The molecule has 0 aliphatic carbocycles. The minimum Gasteiger partial charge on any atom is -0.504 e. The number of aromatic hydroxyl groups is 1. The number of benzene rings is 1. The fraction of sp³-hybridized carbons (Fsp3) is 0.385. The molecule has 1 aromatic rings. The molecule has 0 atom stereocenters. The highest BCUT2D eigenvalue weighted by molar-refractivity contribution is 5.41. The standard InChI is InChI=1S/C13H19NO3/c1-3-17-8-4-7-14-10-11-5-6-12(15)13(9-11)16-2/h3,5-6,9,14-15H,1,4,7-8,10H2,2H3. The van der Waals surface area contributed by atoms with Gasteiger partial charge in [0, 0.05) is 6.54 Å². The van der Waals surface area contributed by atoms with Gasteiger partial charge >= 0.3 is 0 Å². The zero-order chi connectivity index (χ0) is 12.5. The van der Waals surface area contributed by atoms with Gasteiger partial charge in [-0.05, 0) is 30.7 Å². The van der Waals surface area contributed by atoms with Gasteiger partial charge in [-0.2, -0.15) is 0 Å².